The molecule has 0 aliphatic carbocycles. The highest BCUT2D eigenvalue weighted by Gasteiger charge is 2.38. The SMILES string of the molecule is CN1CCC[C@H]1[C@@](C)(O)c1ccc(O)cc1. The van der Waals surface area contributed by atoms with Gasteiger partial charge in [-0.15, -0.1) is 0 Å². The summed E-state index contributed by atoms with van der Waals surface area (Å²) in [5.74, 6) is 0.235. The Morgan fingerprint density at radius 2 is 1.94 bits per heavy atom. The fourth-order valence-corrected chi connectivity index (χ4v) is 2.61. The predicted octanol–water partition coefficient (Wildman–Crippen LogP) is 1.69. The maximum atomic E-state index is 10.6. The molecule has 0 aromatic heterocycles. The van der Waals surface area contributed by atoms with Crippen LogP contribution < -0.4 is 0 Å². The lowest BCUT2D eigenvalue weighted by Crippen LogP contribution is -2.43. The fourth-order valence-electron chi connectivity index (χ4n) is 2.61. The summed E-state index contributed by atoms with van der Waals surface area (Å²) in [6.45, 7) is 2.89. The zero-order valence-electron chi connectivity index (χ0n) is 9.85. The van der Waals surface area contributed by atoms with Gasteiger partial charge in [-0.3, -0.25) is 0 Å². The van der Waals surface area contributed by atoms with E-state index in [0.717, 1.165) is 24.9 Å². The third kappa shape index (κ3) is 1.93. The van der Waals surface area contributed by atoms with E-state index in [1.807, 2.05) is 14.0 Å². The number of aromatic hydroxyl groups is 1. The van der Waals surface area contributed by atoms with Gasteiger partial charge in [-0.25, -0.2) is 0 Å². The highest BCUT2D eigenvalue weighted by molar-refractivity contribution is 5.30. The molecule has 2 atom stereocenters. The van der Waals surface area contributed by atoms with E-state index in [2.05, 4.69) is 4.90 Å². The van der Waals surface area contributed by atoms with E-state index in [-0.39, 0.29) is 11.8 Å². The first kappa shape index (κ1) is 11.4. The highest BCUT2D eigenvalue weighted by Crippen LogP contribution is 2.34. The standard InChI is InChI=1S/C13H19NO2/c1-13(16,12-4-3-9-14(12)2)10-5-7-11(15)8-6-10/h5-8,12,15-16H,3-4,9H2,1-2H3/t12-,13-/m0/s1. The van der Waals surface area contributed by atoms with Gasteiger partial charge in [-0.1, -0.05) is 12.1 Å². The first-order chi connectivity index (χ1) is 7.51. The molecule has 0 bridgehead atoms. The molecule has 0 radical (unpaired) electrons. The Bertz CT molecular complexity index is 359. The number of phenolic OH excluding ortho intramolecular Hbond substituents is 1. The molecule has 0 unspecified atom stereocenters. The van der Waals surface area contributed by atoms with Crippen molar-refractivity contribution >= 4 is 0 Å². The maximum Gasteiger partial charge on any atom is 0.115 e. The van der Waals surface area contributed by atoms with Crippen molar-refractivity contribution < 1.29 is 10.2 Å². The van der Waals surface area contributed by atoms with E-state index in [4.69, 9.17) is 0 Å². The summed E-state index contributed by atoms with van der Waals surface area (Å²) < 4.78 is 0. The minimum Gasteiger partial charge on any atom is -0.508 e. The van der Waals surface area contributed by atoms with Gasteiger partial charge in [0.05, 0.1) is 0 Å². The topological polar surface area (TPSA) is 43.7 Å². The average Bonchev–Trinajstić information content (AvgIpc) is 2.66. The maximum absolute atomic E-state index is 10.6. The van der Waals surface area contributed by atoms with Gasteiger partial charge in [0.1, 0.15) is 11.4 Å². The van der Waals surface area contributed by atoms with Gasteiger partial charge in [0.15, 0.2) is 0 Å². The molecule has 88 valence electrons. The van der Waals surface area contributed by atoms with Gasteiger partial charge in [-0.05, 0) is 51.1 Å². The van der Waals surface area contributed by atoms with Crippen LogP contribution in [0.4, 0.5) is 0 Å². The summed E-state index contributed by atoms with van der Waals surface area (Å²) in [7, 11) is 2.05. The molecule has 1 aromatic carbocycles. The molecule has 0 amide bonds. The molecule has 1 saturated heterocycles. The van der Waals surface area contributed by atoms with Crippen LogP contribution in [0.5, 0.6) is 5.75 Å². The molecular formula is C13H19NO2. The summed E-state index contributed by atoms with van der Waals surface area (Å²) in [4.78, 5) is 2.20. The quantitative estimate of drug-likeness (QED) is 0.798. The Morgan fingerprint density at radius 3 is 2.44 bits per heavy atom. The Hall–Kier alpha value is -1.06. The van der Waals surface area contributed by atoms with E-state index in [1.54, 1.807) is 24.3 Å². The Kier molecular flexibility index (Phi) is 2.91. The lowest BCUT2D eigenvalue weighted by Gasteiger charge is -2.35. The van der Waals surface area contributed by atoms with Gasteiger partial charge in [0, 0.05) is 6.04 Å². The second kappa shape index (κ2) is 4.07. The van der Waals surface area contributed by atoms with Crippen LogP contribution in [0.2, 0.25) is 0 Å². The van der Waals surface area contributed by atoms with Crippen molar-refractivity contribution in [2.45, 2.75) is 31.4 Å². The van der Waals surface area contributed by atoms with Gasteiger partial charge in [0.2, 0.25) is 0 Å². The Balaban J connectivity index is 2.27. The smallest absolute Gasteiger partial charge is 0.115 e. The van der Waals surface area contributed by atoms with Crippen LogP contribution in [0.15, 0.2) is 24.3 Å². The summed E-state index contributed by atoms with van der Waals surface area (Å²) in [5.41, 5.74) is 0.0166. The van der Waals surface area contributed by atoms with Crippen LogP contribution in [0.25, 0.3) is 0 Å². The number of aliphatic hydroxyl groups is 1. The Morgan fingerprint density at radius 1 is 1.31 bits per heavy atom. The highest BCUT2D eigenvalue weighted by atomic mass is 16.3. The molecule has 1 aliphatic rings. The van der Waals surface area contributed by atoms with Gasteiger partial charge < -0.3 is 15.1 Å². The second-order valence-corrected chi connectivity index (χ2v) is 4.83. The van der Waals surface area contributed by atoms with Crippen LogP contribution >= 0.6 is 0 Å². The van der Waals surface area contributed by atoms with E-state index in [9.17, 15) is 10.2 Å². The molecule has 16 heavy (non-hydrogen) atoms. The predicted molar refractivity (Wildman–Crippen MR) is 63.3 cm³/mol. The minimum atomic E-state index is -0.848. The van der Waals surface area contributed by atoms with Crippen molar-refractivity contribution in [3.63, 3.8) is 0 Å². The molecule has 3 heteroatoms. The van der Waals surface area contributed by atoms with E-state index in [1.165, 1.54) is 0 Å². The first-order valence-electron chi connectivity index (χ1n) is 5.74. The fraction of sp³-hybridized carbons (Fsp3) is 0.538. The van der Waals surface area contributed by atoms with E-state index in [0.29, 0.717) is 0 Å². The summed E-state index contributed by atoms with van der Waals surface area (Å²) >= 11 is 0. The molecule has 2 rings (SSSR count). The van der Waals surface area contributed by atoms with Crippen molar-refractivity contribution in [1.82, 2.24) is 4.90 Å². The monoisotopic (exact) mass is 221 g/mol. The number of likely N-dealkylation sites (N-methyl/N-ethyl adjacent to an activating group) is 1. The number of hydrogen-bond acceptors (Lipinski definition) is 3. The van der Waals surface area contributed by atoms with Crippen molar-refractivity contribution in [3.8, 4) is 5.75 Å². The van der Waals surface area contributed by atoms with Gasteiger partial charge in [-0.2, -0.15) is 0 Å². The van der Waals surface area contributed by atoms with Crippen LogP contribution in [0.3, 0.4) is 0 Å². The van der Waals surface area contributed by atoms with Crippen LogP contribution in [-0.2, 0) is 5.60 Å². The number of hydrogen-bond donors (Lipinski definition) is 2. The molecular weight excluding hydrogens is 202 g/mol. The molecule has 1 heterocycles. The molecule has 0 spiro atoms. The molecule has 1 fully saturated rings. The zero-order valence-corrected chi connectivity index (χ0v) is 9.85. The summed E-state index contributed by atoms with van der Waals surface area (Å²) in [6, 6.07) is 7.00. The van der Waals surface area contributed by atoms with Crippen molar-refractivity contribution in [2.75, 3.05) is 13.6 Å². The van der Waals surface area contributed by atoms with Crippen molar-refractivity contribution in [1.29, 1.82) is 0 Å². The second-order valence-electron chi connectivity index (χ2n) is 4.83. The van der Waals surface area contributed by atoms with Gasteiger partial charge >= 0.3 is 0 Å². The third-order valence-corrected chi connectivity index (χ3v) is 3.62. The minimum absolute atomic E-state index is 0.164. The van der Waals surface area contributed by atoms with Crippen molar-refractivity contribution in [3.05, 3.63) is 29.8 Å². The lowest BCUT2D eigenvalue weighted by molar-refractivity contribution is -0.0153. The molecule has 1 aliphatic heterocycles. The number of likely N-dealkylation sites (tertiary alicyclic amines) is 1. The first-order valence-corrected chi connectivity index (χ1v) is 5.74. The van der Waals surface area contributed by atoms with Crippen LogP contribution in [-0.4, -0.2) is 34.7 Å². The third-order valence-electron chi connectivity index (χ3n) is 3.62. The summed E-state index contributed by atoms with van der Waals surface area (Å²) in [5, 5.41) is 19.9. The lowest BCUT2D eigenvalue weighted by atomic mass is 9.87. The van der Waals surface area contributed by atoms with Crippen LogP contribution in [0, 0.1) is 0 Å². The Labute approximate surface area is 96.3 Å². The normalized spacial score (nSPS) is 25.6. The van der Waals surface area contributed by atoms with E-state index >= 15 is 0 Å². The van der Waals surface area contributed by atoms with Crippen molar-refractivity contribution in [2.24, 2.45) is 0 Å². The average molecular weight is 221 g/mol. The summed E-state index contributed by atoms with van der Waals surface area (Å²) in [6.07, 6.45) is 2.15. The zero-order chi connectivity index (χ0) is 11.8. The number of rotatable bonds is 2. The molecule has 2 N–H and O–H groups in total. The molecule has 1 aromatic rings. The molecule has 3 nitrogen and oxygen atoms in total. The number of benzene rings is 1. The van der Waals surface area contributed by atoms with Gasteiger partial charge in [0.25, 0.3) is 0 Å². The number of nitrogens with zero attached hydrogens (tertiary/aromatic N) is 1. The molecule has 0 saturated carbocycles. The number of phenols is 1. The van der Waals surface area contributed by atoms with Crippen LogP contribution in [0.1, 0.15) is 25.3 Å². The largest absolute Gasteiger partial charge is 0.508 e. The van der Waals surface area contributed by atoms with E-state index < -0.39 is 5.60 Å².